The van der Waals surface area contributed by atoms with Gasteiger partial charge in [-0.15, -0.1) is 0 Å². The lowest BCUT2D eigenvalue weighted by atomic mass is 10.0. The molecule has 0 atom stereocenters. The molecule has 0 spiro atoms. The summed E-state index contributed by atoms with van der Waals surface area (Å²) in [6.45, 7) is 0. The first-order chi connectivity index (χ1) is 11.2. The van der Waals surface area contributed by atoms with Crippen LogP contribution in [0.5, 0.6) is 5.75 Å². The van der Waals surface area contributed by atoms with Crippen molar-refractivity contribution in [1.29, 1.82) is 0 Å². The van der Waals surface area contributed by atoms with Crippen LogP contribution >= 0.6 is 0 Å². The maximum absolute atomic E-state index is 12.3. The van der Waals surface area contributed by atoms with Gasteiger partial charge in [0.2, 0.25) is 0 Å². The van der Waals surface area contributed by atoms with Gasteiger partial charge in [-0.1, -0.05) is 48.5 Å². The summed E-state index contributed by atoms with van der Waals surface area (Å²) in [6, 6.07) is 18.9. The summed E-state index contributed by atoms with van der Waals surface area (Å²) in [5, 5.41) is 11.4. The average Bonchev–Trinajstić information content (AvgIpc) is 2.60. The van der Waals surface area contributed by atoms with E-state index in [1.54, 1.807) is 48.5 Å². The predicted octanol–water partition coefficient (Wildman–Crippen LogP) is 2.62. The molecule has 0 fully saturated rings. The van der Waals surface area contributed by atoms with Crippen molar-refractivity contribution < 1.29 is 14.7 Å². The summed E-state index contributed by atoms with van der Waals surface area (Å²) < 4.78 is 0. The molecule has 0 aliphatic carbocycles. The molecule has 0 heterocycles. The van der Waals surface area contributed by atoms with E-state index in [2.05, 4.69) is 10.9 Å². The minimum atomic E-state index is -0.580. The van der Waals surface area contributed by atoms with Crippen LogP contribution in [0.2, 0.25) is 0 Å². The van der Waals surface area contributed by atoms with Crippen LogP contribution in [-0.4, -0.2) is 16.9 Å². The Labute approximate surface area is 132 Å². The topological polar surface area (TPSA) is 78.4 Å². The van der Waals surface area contributed by atoms with Crippen molar-refractivity contribution >= 4 is 22.6 Å². The monoisotopic (exact) mass is 306 g/mol. The lowest BCUT2D eigenvalue weighted by molar-refractivity contribution is 0.0846. The summed E-state index contributed by atoms with van der Waals surface area (Å²) in [5.41, 5.74) is 5.22. The number of fused-ring (bicyclic) bond motifs is 1. The fraction of sp³-hybridized carbons (Fsp3) is 0. The number of carbonyl (C=O) groups excluding carboxylic acids is 2. The number of phenols is 1. The zero-order valence-corrected chi connectivity index (χ0v) is 12.1. The van der Waals surface area contributed by atoms with Gasteiger partial charge in [0.25, 0.3) is 11.8 Å². The molecule has 0 unspecified atom stereocenters. The van der Waals surface area contributed by atoms with E-state index in [0.29, 0.717) is 10.9 Å². The van der Waals surface area contributed by atoms with Crippen LogP contribution in [0.15, 0.2) is 66.7 Å². The minimum absolute atomic E-state index is 0.122. The highest BCUT2D eigenvalue weighted by atomic mass is 16.3. The van der Waals surface area contributed by atoms with Gasteiger partial charge < -0.3 is 5.11 Å². The lowest BCUT2D eigenvalue weighted by Gasteiger charge is -2.11. The van der Waals surface area contributed by atoms with E-state index in [1.807, 2.05) is 12.1 Å². The third-order valence-electron chi connectivity index (χ3n) is 3.46. The molecule has 0 bridgehead atoms. The van der Waals surface area contributed by atoms with E-state index in [1.165, 1.54) is 6.07 Å². The summed E-state index contributed by atoms with van der Waals surface area (Å²) in [6.07, 6.45) is 0. The van der Waals surface area contributed by atoms with Gasteiger partial charge in [0, 0.05) is 5.56 Å². The Bertz CT molecular complexity index is 876. The van der Waals surface area contributed by atoms with Crippen molar-refractivity contribution in [3.8, 4) is 5.75 Å². The number of amides is 2. The highest BCUT2D eigenvalue weighted by Gasteiger charge is 2.16. The highest BCUT2D eigenvalue weighted by Crippen LogP contribution is 2.26. The molecule has 2 amide bonds. The fourth-order valence-corrected chi connectivity index (χ4v) is 2.34. The molecule has 0 aliphatic rings. The van der Waals surface area contributed by atoms with Crippen molar-refractivity contribution in [3.05, 3.63) is 77.9 Å². The Morgan fingerprint density at radius 1 is 0.739 bits per heavy atom. The predicted molar refractivity (Wildman–Crippen MR) is 87.0 cm³/mol. The van der Waals surface area contributed by atoms with Crippen LogP contribution in [0.4, 0.5) is 0 Å². The number of carbonyl (C=O) groups is 2. The van der Waals surface area contributed by atoms with Crippen molar-refractivity contribution in [1.82, 2.24) is 10.9 Å². The molecule has 3 N–H and O–H groups in total. The van der Waals surface area contributed by atoms with E-state index >= 15 is 0 Å². The van der Waals surface area contributed by atoms with Gasteiger partial charge in [0.05, 0.1) is 5.56 Å². The van der Waals surface area contributed by atoms with E-state index in [4.69, 9.17) is 0 Å². The second-order valence-electron chi connectivity index (χ2n) is 4.96. The number of nitrogens with one attached hydrogen (secondary N) is 2. The molecule has 3 aromatic rings. The van der Waals surface area contributed by atoms with Gasteiger partial charge in [-0.3, -0.25) is 20.4 Å². The van der Waals surface area contributed by atoms with Crippen LogP contribution < -0.4 is 10.9 Å². The molecule has 5 nitrogen and oxygen atoms in total. The van der Waals surface area contributed by atoms with Crippen LogP contribution in [0.1, 0.15) is 20.7 Å². The number of rotatable bonds is 2. The number of benzene rings is 3. The Morgan fingerprint density at radius 2 is 1.39 bits per heavy atom. The molecular weight excluding hydrogens is 292 g/mol. The first kappa shape index (κ1) is 14.6. The number of hydrogen-bond donors (Lipinski definition) is 3. The van der Waals surface area contributed by atoms with Crippen molar-refractivity contribution in [2.75, 3.05) is 0 Å². The van der Waals surface area contributed by atoms with Crippen LogP contribution in [-0.2, 0) is 0 Å². The van der Waals surface area contributed by atoms with Crippen molar-refractivity contribution in [2.45, 2.75) is 0 Å². The second kappa shape index (κ2) is 6.19. The molecule has 3 aromatic carbocycles. The molecule has 0 saturated heterocycles. The van der Waals surface area contributed by atoms with Gasteiger partial charge >= 0.3 is 0 Å². The van der Waals surface area contributed by atoms with Crippen LogP contribution in [0, 0.1) is 0 Å². The van der Waals surface area contributed by atoms with Gasteiger partial charge in [0.15, 0.2) is 0 Å². The van der Waals surface area contributed by atoms with E-state index in [9.17, 15) is 14.7 Å². The number of hydrazine groups is 1. The molecule has 0 aromatic heterocycles. The number of phenolic OH excluding ortho intramolecular Hbond substituents is 1. The minimum Gasteiger partial charge on any atom is -0.507 e. The number of aromatic hydroxyl groups is 1. The summed E-state index contributed by atoms with van der Waals surface area (Å²) in [5.74, 6) is -1.16. The zero-order valence-electron chi connectivity index (χ0n) is 12.1. The summed E-state index contributed by atoms with van der Waals surface area (Å²) >= 11 is 0. The van der Waals surface area contributed by atoms with Gasteiger partial charge in [0.1, 0.15) is 5.75 Å². The third-order valence-corrected chi connectivity index (χ3v) is 3.46. The molecule has 3 rings (SSSR count). The lowest BCUT2D eigenvalue weighted by Crippen LogP contribution is -2.41. The van der Waals surface area contributed by atoms with Crippen LogP contribution in [0.3, 0.4) is 0 Å². The molecule has 23 heavy (non-hydrogen) atoms. The first-order valence-corrected chi connectivity index (χ1v) is 7.03. The standard InChI is InChI=1S/C18H14N2O3/c21-15-11-10-12-6-4-5-9-14(12)16(15)18(23)20-19-17(22)13-7-2-1-3-8-13/h1-11,21H,(H,19,22)(H,20,23). The van der Waals surface area contributed by atoms with E-state index in [0.717, 1.165) is 5.39 Å². The largest absolute Gasteiger partial charge is 0.507 e. The van der Waals surface area contributed by atoms with E-state index < -0.39 is 11.8 Å². The Morgan fingerprint density at radius 3 is 2.17 bits per heavy atom. The quantitative estimate of drug-likeness (QED) is 0.637. The number of hydrogen-bond acceptors (Lipinski definition) is 3. The SMILES string of the molecule is O=C(NNC(=O)c1c(O)ccc2ccccc12)c1ccccc1. The van der Waals surface area contributed by atoms with Crippen molar-refractivity contribution in [3.63, 3.8) is 0 Å². The summed E-state index contributed by atoms with van der Waals surface area (Å²) in [7, 11) is 0. The molecule has 0 aliphatic heterocycles. The Kier molecular flexibility index (Phi) is 3.93. The Hall–Kier alpha value is -3.34. The maximum Gasteiger partial charge on any atom is 0.274 e. The first-order valence-electron chi connectivity index (χ1n) is 7.03. The second-order valence-corrected chi connectivity index (χ2v) is 4.96. The maximum atomic E-state index is 12.3. The fourth-order valence-electron chi connectivity index (χ4n) is 2.34. The molecule has 5 heteroatoms. The molecule has 0 radical (unpaired) electrons. The smallest absolute Gasteiger partial charge is 0.274 e. The summed E-state index contributed by atoms with van der Waals surface area (Å²) in [4.78, 5) is 24.3. The van der Waals surface area contributed by atoms with Gasteiger partial charge in [-0.05, 0) is 29.0 Å². The normalized spacial score (nSPS) is 10.3. The molecular formula is C18H14N2O3. The van der Waals surface area contributed by atoms with E-state index in [-0.39, 0.29) is 11.3 Å². The Balaban J connectivity index is 1.82. The highest BCUT2D eigenvalue weighted by molar-refractivity contribution is 6.10. The average molecular weight is 306 g/mol. The molecule has 0 saturated carbocycles. The van der Waals surface area contributed by atoms with Crippen LogP contribution in [0.25, 0.3) is 10.8 Å². The van der Waals surface area contributed by atoms with Gasteiger partial charge in [-0.2, -0.15) is 0 Å². The van der Waals surface area contributed by atoms with Crippen molar-refractivity contribution in [2.24, 2.45) is 0 Å². The van der Waals surface area contributed by atoms with Gasteiger partial charge in [-0.25, -0.2) is 0 Å². The molecule has 114 valence electrons. The zero-order chi connectivity index (χ0) is 16.2. The third kappa shape index (κ3) is 2.98.